The zero-order chi connectivity index (χ0) is 25.0. The molecule has 0 radical (unpaired) electrons. The van der Waals surface area contributed by atoms with Crippen LogP contribution in [-0.4, -0.2) is 67.9 Å². The van der Waals surface area contributed by atoms with Crippen LogP contribution in [-0.2, 0) is 10.0 Å². The van der Waals surface area contributed by atoms with Gasteiger partial charge in [0.15, 0.2) is 0 Å². The number of benzene rings is 3. The first-order valence-corrected chi connectivity index (χ1v) is 12.8. The molecule has 0 bridgehead atoms. The number of para-hydroxylation sites is 2. The van der Waals surface area contributed by atoms with Crippen LogP contribution in [0.5, 0.6) is 5.75 Å². The number of phenolic OH excluding ortho intramolecular Hbond substituents is 1. The van der Waals surface area contributed by atoms with Crippen molar-refractivity contribution in [1.29, 1.82) is 0 Å². The largest absolute Gasteiger partial charge is 0.507 e. The van der Waals surface area contributed by atoms with Gasteiger partial charge in [0.2, 0.25) is 0 Å². The van der Waals surface area contributed by atoms with E-state index >= 15 is 0 Å². The molecule has 1 fully saturated rings. The summed E-state index contributed by atoms with van der Waals surface area (Å²) in [5.74, 6) is -0.658. The smallest absolute Gasteiger partial charge is 0.264 e. The summed E-state index contributed by atoms with van der Waals surface area (Å²) in [6.45, 7) is 3.25. The average molecular weight is 494 g/mol. The van der Waals surface area contributed by atoms with E-state index in [9.17, 15) is 23.1 Å². The minimum absolute atomic E-state index is 0.0439. The third-order valence-corrected chi connectivity index (χ3v) is 7.89. The van der Waals surface area contributed by atoms with E-state index in [4.69, 9.17) is 0 Å². The number of piperazine rings is 1. The Bertz CT molecular complexity index is 1320. The Morgan fingerprint density at radius 1 is 0.829 bits per heavy atom. The average Bonchev–Trinajstić information content (AvgIpc) is 2.89. The molecule has 0 spiro atoms. The van der Waals surface area contributed by atoms with Crippen molar-refractivity contribution < 1.29 is 23.1 Å². The normalized spacial score (nSPS) is 14.0. The number of phenols is 1. The Labute approximate surface area is 205 Å². The summed E-state index contributed by atoms with van der Waals surface area (Å²) in [5.41, 5.74) is 1.05. The molecular weight excluding hydrogens is 466 g/mol. The summed E-state index contributed by atoms with van der Waals surface area (Å²) >= 11 is 0. The first-order valence-electron chi connectivity index (χ1n) is 11.4. The molecule has 0 saturated carbocycles. The van der Waals surface area contributed by atoms with Crippen LogP contribution in [0, 0.1) is 0 Å². The second kappa shape index (κ2) is 10.2. The van der Waals surface area contributed by atoms with Crippen LogP contribution < -0.4 is 4.31 Å². The maximum absolute atomic E-state index is 13.3. The molecule has 1 heterocycles. The highest BCUT2D eigenvalue weighted by molar-refractivity contribution is 7.92. The highest BCUT2D eigenvalue weighted by Gasteiger charge is 2.28. The van der Waals surface area contributed by atoms with Crippen molar-refractivity contribution in [1.82, 2.24) is 9.80 Å². The summed E-state index contributed by atoms with van der Waals surface area (Å²) in [6, 6.07) is 21.2. The predicted octanol–water partition coefficient (Wildman–Crippen LogP) is 3.21. The van der Waals surface area contributed by atoms with Gasteiger partial charge >= 0.3 is 0 Å². The fourth-order valence-corrected chi connectivity index (χ4v) is 5.64. The Morgan fingerprint density at radius 3 is 2.06 bits per heavy atom. The number of aromatic hydroxyl groups is 1. The maximum Gasteiger partial charge on any atom is 0.264 e. The molecular formula is C26H27N3O5S. The monoisotopic (exact) mass is 493 g/mol. The fraction of sp³-hybridized carbons (Fsp3) is 0.231. The van der Waals surface area contributed by atoms with Crippen molar-refractivity contribution in [2.75, 3.05) is 37.0 Å². The van der Waals surface area contributed by atoms with Crippen molar-refractivity contribution in [2.45, 2.75) is 11.8 Å². The Kier molecular flexibility index (Phi) is 7.07. The summed E-state index contributed by atoms with van der Waals surface area (Å²) < 4.78 is 28.0. The van der Waals surface area contributed by atoms with Gasteiger partial charge in [-0.05, 0) is 49.4 Å². The molecule has 0 aliphatic carbocycles. The third kappa shape index (κ3) is 5.00. The molecule has 35 heavy (non-hydrogen) atoms. The number of hydrogen-bond acceptors (Lipinski definition) is 5. The summed E-state index contributed by atoms with van der Waals surface area (Å²) in [4.78, 5) is 29.1. The van der Waals surface area contributed by atoms with Gasteiger partial charge in [0.05, 0.1) is 16.1 Å². The summed E-state index contributed by atoms with van der Waals surface area (Å²) in [7, 11) is -3.86. The second-order valence-corrected chi connectivity index (χ2v) is 10.00. The van der Waals surface area contributed by atoms with Gasteiger partial charge in [-0.3, -0.25) is 13.9 Å². The zero-order valence-corrected chi connectivity index (χ0v) is 20.2. The van der Waals surface area contributed by atoms with Crippen LogP contribution in [0.25, 0.3) is 0 Å². The quantitative estimate of drug-likeness (QED) is 0.569. The van der Waals surface area contributed by atoms with Gasteiger partial charge in [-0.25, -0.2) is 8.42 Å². The first kappa shape index (κ1) is 24.3. The molecule has 8 nitrogen and oxygen atoms in total. The lowest BCUT2D eigenvalue weighted by molar-refractivity contribution is 0.0533. The molecule has 9 heteroatoms. The van der Waals surface area contributed by atoms with Crippen LogP contribution in [0.3, 0.4) is 0 Å². The van der Waals surface area contributed by atoms with E-state index < -0.39 is 10.0 Å². The van der Waals surface area contributed by atoms with Crippen molar-refractivity contribution in [3.05, 3.63) is 90.0 Å². The van der Waals surface area contributed by atoms with E-state index in [0.717, 1.165) is 0 Å². The standard InChI is InChI=1S/C26H27N3O5S/c1-2-29(21-10-4-3-5-11-21)35(33,34)22-12-8-9-20(19-22)25(31)27-15-17-28(18-16-27)26(32)23-13-6-7-14-24(23)30/h3-14,19,30H,2,15-18H2,1H3. The lowest BCUT2D eigenvalue weighted by Gasteiger charge is -2.35. The summed E-state index contributed by atoms with van der Waals surface area (Å²) in [6.07, 6.45) is 0. The molecule has 4 rings (SSSR count). The topological polar surface area (TPSA) is 98.2 Å². The van der Waals surface area contributed by atoms with Crippen molar-refractivity contribution in [2.24, 2.45) is 0 Å². The van der Waals surface area contributed by atoms with Crippen molar-refractivity contribution in [3.8, 4) is 5.75 Å². The molecule has 1 aliphatic rings. The highest BCUT2D eigenvalue weighted by atomic mass is 32.2. The number of carbonyl (C=O) groups excluding carboxylic acids is 2. The number of amides is 2. The highest BCUT2D eigenvalue weighted by Crippen LogP contribution is 2.25. The van der Waals surface area contributed by atoms with Crippen LogP contribution in [0.1, 0.15) is 27.6 Å². The SMILES string of the molecule is CCN(c1ccccc1)S(=O)(=O)c1cccc(C(=O)N2CCN(C(=O)c3ccccc3O)CC2)c1. The minimum Gasteiger partial charge on any atom is -0.507 e. The zero-order valence-electron chi connectivity index (χ0n) is 19.4. The van der Waals surface area contributed by atoms with Gasteiger partial charge < -0.3 is 14.9 Å². The Balaban J connectivity index is 1.48. The van der Waals surface area contributed by atoms with E-state index in [-0.39, 0.29) is 40.1 Å². The Hall–Kier alpha value is -3.85. The molecule has 0 atom stereocenters. The number of nitrogens with zero attached hydrogens (tertiary/aromatic N) is 3. The van der Waals surface area contributed by atoms with E-state index in [2.05, 4.69) is 0 Å². The number of rotatable bonds is 6. The van der Waals surface area contributed by atoms with Gasteiger partial charge in [-0.2, -0.15) is 0 Å². The van der Waals surface area contributed by atoms with E-state index in [1.54, 1.807) is 71.3 Å². The molecule has 182 valence electrons. The molecule has 1 saturated heterocycles. The van der Waals surface area contributed by atoms with Crippen molar-refractivity contribution >= 4 is 27.5 Å². The van der Waals surface area contributed by atoms with Crippen LogP contribution in [0.4, 0.5) is 5.69 Å². The van der Waals surface area contributed by atoms with E-state index in [1.165, 1.54) is 22.5 Å². The number of anilines is 1. The van der Waals surface area contributed by atoms with E-state index in [1.807, 2.05) is 6.07 Å². The van der Waals surface area contributed by atoms with Gasteiger partial charge in [-0.15, -0.1) is 0 Å². The van der Waals surface area contributed by atoms with Crippen LogP contribution in [0.2, 0.25) is 0 Å². The van der Waals surface area contributed by atoms with Crippen LogP contribution >= 0.6 is 0 Å². The molecule has 0 unspecified atom stereocenters. The number of sulfonamides is 1. The van der Waals surface area contributed by atoms with Gasteiger partial charge in [0, 0.05) is 38.3 Å². The Morgan fingerprint density at radius 2 is 1.43 bits per heavy atom. The summed E-state index contributed by atoms with van der Waals surface area (Å²) in [5, 5.41) is 9.96. The molecule has 1 aliphatic heterocycles. The molecule has 3 aromatic carbocycles. The second-order valence-electron chi connectivity index (χ2n) is 8.13. The fourth-order valence-electron chi connectivity index (χ4n) is 4.12. The van der Waals surface area contributed by atoms with Gasteiger partial charge in [0.1, 0.15) is 5.75 Å². The van der Waals surface area contributed by atoms with Crippen molar-refractivity contribution in [3.63, 3.8) is 0 Å². The third-order valence-electron chi connectivity index (χ3n) is 5.99. The lowest BCUT2D eigenvalue weighted by atomic mass is 10.1. The van der Waals surface area contributed by atoms with Crippen LogP contribution in [0.15, 0.2) is 83.8 Å². The molecule has 3 aromatic rings. The van der Waals surface area contributed by atoms with E-state index in [0.29, 0.717) is 31.9 Å². The predicted molar refractivity (Wildman–Crippen MR) is 133 cm³/mol. The number of carbonyl (C=O) groups is 2. The number of hydrogen-bond donors (Lipinski definition) is 1. The molecule has 2 amide bonds. The maximum atomic E-state index is 13.3. The molecule has 0 aromatic heterocycles. The molecule has 1 N–H and O–H groups in total. The van der Waals surface area contributed by atoms with Gasteiger partial charge in [0.25, 0.3) is 21.8 Å². The lowest BCUT2D eigenvalue weighted by Crippen LogP contribution is -2.50. The first-order chi connectivity index (χ1) is 16.8. The minimum atomic E-state index is -3.86. The van der Waals surface area contributed by atoms with Gasteiger partial charge in [-0.1, -0.05) is 36.4 Å².